The van der Waals surface area contributed by atoms with Crippen molar-refractivity contribution in [1.29, 1.82) is 0 Å². The van der Waals surface area contributed by atoms with Crippen LogP contribution in [0.1, 0.15) is 77.6 Å². The number of allylic oxidation sites excluding steroid dienone is 4. The molecule has 1 aliphatic heterocycles. The number of hydrogen-bond donors (Lipinski definition) is 0. The molecule has 0 aromatic rings. The lowest BCUT2D eigenvalue weighted by molar-refractivity contribution is -0.149. The van der Waals surface area contributed by atoms with Crippen LogP contribution in [0.4, 0.5) is 0 Å². The molecule has 0 fully saturated rings. The SMILES string of the molecule is CCC1CCC=CCC=CCCCCCCCC(=O)O1. The summed E-state index contributed by atoms with van der Waals surface area (Å²) in [6, 6.07) is 0. The van der Waals surface area contributed by atoms with E-state index in [4.69, 9.17) is 4.74 Å². The van der Waals surface area contributed by atoms with Gasteiger partial charge in [0, 0.05) is 6.42 Å². The van der Waals surface area contributed by atoms with E-state index in [9.17, 15) is 4.79 Å². The highest BCUT2D eigenvalue weighted by Crippen LogP contribution is 2.12. The first-order valence-electron chi connectivity index (χ1n) is 8.32. The lowest BCUT2D eigenvalue weighted by atomic mass is 10.1. The Morgan fingerprint density at radius 1 is 1.00 bits per heavy atom. The Bertz CT molecular complexity index is 305. The third-order valence-electron chi connectivity index (χ3n) is 3.77. The molecule has 1 rings (SSSR count). The van der Waals surface area contributed by atoms with Crippen LogP contribution in [0.15, 0.2) is 24.3 Å². The van der Waals surface area contributed by atoms with E-state index in [1.54, 1.807) is 0 Å². The Labute approximate surface area is 124 Å². The van der Waals surface area contributed by atoms with Gasteiger partial charge in [-0.3, -0.25) is 4.79 Å². The first kappa shape index (κ1) is 17.0. The fourth-order valence-corrected chi connectivity index (χ4v) is 2.44. The third kappa shape index (κ3) is 8.95. The van der Waals surface area contributed by atoms with Gasteiger partial charge in [-0.15, -0.1) is 0 Å². The summed E-state index contributed by atoms with van der Waals surface area (Å²) in [6.45, 7) is 2.09. The second kappa shape index (κ2) is 11.7. The highest BCUT2D eigenvalue weighted by molar-refractivity contribution is 5.69. The molecule has 0 amide bonds. The molecule has 2 heteroatoms. The molecule has 0 aromatic heterocycles. The molecule has 0 spiro atoms. The van der Waals surface area contributed by atoms with Crippen molar-refractivity contribution >= 4 is 5.97 Å². The van der Waals surface area contributed by atoms with Crippen molar-refractivity contribution in [1.82, 2.24) is 0 Å². The number of rotatable bonds is 1. The summed E-state index contributed by atoms with van der Waals surface area (Å²) in [5, 5.41) is 0. The van der Waals surface area contributed by atoms with Crippen LogP contribution in [0.5, 0.6) is 0 Å². The van der Waals surface area contributed by atoms with Crippen LogP contribution < -0.4 is 0 Å². The highest BCUT2D eigenvalue weighted by Gasteiger charge is 2.11. The summed E-state index contributed by atoms with van der Waals surface area (Å²) < 4.78 is 5.54. The van der Waals surface area contributed by atoms with E-state index in [2.05, 4.69) is 31.2 Å². The van der Waals surface area contributed by atoms with Gasteiger partial charge in [-0.25, -0.2) is 0 Å². The molecule has 0 bridgehead atoms. The molecular formula is C18H30O2. The molecule has 1 unspecified atom stereocenters. The van der Waals surface area contributed by atoms with Crippen molar-refractivity contribution in [3.05, 3.63) is 24.3 Å². The molecule has 0 radical (unpaired) electrons. The minimum atomic E-state index is -0.00758. The number of esters is 1. The van der Waals surface area contributed by atoms with Gasteiger partial charge in [-0.2, -0.15) is 0 Å². The standard InChI is InChI=1S/C18H30O2/c1-2-17-15-13-11-9-7-5-3-4-6-8-10-12-14-16-18(19)20-17/h3,5,9,11,17H,2,4,6-8,10,12-16H2,1H3. The minimum Gasteiger partial charge on any atom is -0.462 e. The molecular weight excluding hydrogens is 248 g/mol. The van der Waals surface area contributed by atoms with Crippen molar-refractivity contribution in [2.45, 2.75) is 83.7 Å². The summed E-state index contributed by atoms with van der Waals surface area (Å²) in [6.07, 6.45) is 20.6. The lowest BCUT2D eigenvalue weighted by Crippen LogP contribution is -2.17. The Hall–Kier alpha value is -1.05. The molecule has 0 aliphatic carbocycles. The molecule has 0 N–H and O–H groups in total. The second-order valence-electron chi connectivity index (χ2n) is 5.58. The smallest absolute Gasteiger partial charge is 0.306 e. The maximum absolute atomic E-state index is 11.7. The van der Waals surface area contributed by atoms with Crippen LogP contribution in [0.3, 0.4) is 0 Å². The zero-order chi connectivity index (χ0) is 14.5. The maximum atomic E-state index is 11.7. The van der Waals surface area contributed by atoms with E-state index in [1.165, 1.54) is 25.7 Å². The van der Waals surface area contributed by atoms with Crippen molar-refractivity contribution in [3.63, 3.8) is 0 Å². The molecule has 1 aliphatic rings. The molecule has 0 saturated carbocycles. The monoisotopic (exact) mass is 278 g/mol. The average molecular weight is 278 g/mol. The number of carbonyl (C=O) groups is 1. The third-order valence-corrected chi connectivity index (χ3v) is 3.77. The van der Waals surface area contributed by atoms with Crippen LogP contribution in [0.2, 0.25) is 0 Å². The fraction of sp³-hybridized carbons (Fsp3) is 0.722. The first-order chi connectivity index (χ1) is 9.83. The number of carbonyl (C=O) groups excluding carboxylic acids is 1. The van der Waals surface area contributed by atoms with Gasteiger partial charge in [0.15, 0.2) is 0 Å². The normalized spacial score (nSPS) is 24.1. The Kier molecular flexibility index (Phi) is 9.99. The average Bonchev–Trinajstić information content (AvgIpc) is 2.45. The molecule has 20 heavy (non-hydrogen) atoms. The molecule has 1 atom stereocenters. The molecule has 2 nitrogen and oxygen atoms in total. The van der Waals surface area contributed by atoms with Crippen LogP contribution in [0.25, 0.3) is 0 Å². The van der Waals surface area contributed by atoms with E-state index >= 15 is 0 Å². The zero-order valence-corrected chi connectivity index (χ0v) is 13.0. The van der Waals surface area contributed by atoms with Crippen molar-refractivity contribution in [2.24, 2.45) is 0 Å². The predicted octanol–water partition coefficient (Wildman–Crippen LogP) is 5.34. The topological polar surface area (TPSA) is 26.3 Å². The van der Waals surface area contributed by atoms with E-state index < -0.39 is 0 Å². The molecule has 0 aromatic carbocycles. The Morgan fingerprint density at radius 2 is 1.70 bits per heavy atom. The van der Waals surface area contributed by atoms with Gasteiger partial charge < -0.3 is 4.74 Å². The Balaban J connectivity index is 2.39. The molecule has 1 heterocycles. The molecule has 114 valence electrons. The lowest BCUT2D eigenvalue weighted by Gasteiger charge is -2.15. The fourth-order valence-electron chi connectivity index (χ4n) is 2.44. The predicted molar refractivity (Wildman–Crippen MR) is 84.6 cm³/mol. The van der Waals surface area contributed by atoms with E-state index in [0.29, 0.717) is 6.42 Å². The summed E-state index contributed by atoms with van der Waals surface area (Å²) in [5.74, 6) is -0.00758. The summed E-state index contributed by atoms with van der Waals surface area (Å²) in [7, 11) is 0. The largest absolute Gasteiger partial charge is 0.462 e. The van der Waals surface area contributed by atoms with Gasteiger partial charge in [-0.05, 0) is 44.9 Å². The Morgan fingerprint density at radius 3 is 2.50 bits per heavy atom. The van der Waals surface area contributed by atoms with E-state index in [1.807, 2.05) is 0 Å². The van der Waals surface area contributed by atoms with Gasteiger partial charge in [-0.1, -0.05) is 50.5 Å². The van der Waals surface area contributed by atoms with Crippen LogP contribution in [-0.2, 0) is 9.53 Å². The van der Waals surface area contributed by atoms with Crippen molar-refractivity contribution in [2.75, 3.05) is 0 Å². The van der Waals surface area contributed by atoms with Crippen molar-refractivity contribution < 1.29 is 9.53 Å². The number of hydrogen-bond acceptors (Lipinski definition) is 2. The van der Waals surface area contributed by atoms with Gasteiger partial charge in [0.2, 0.25) is 0 Å². The number of ether oxygens (including phenoxy) is 1. The van der Waals surface area contributed by atoms with Gasteiger partial charge in [0.05, 0.1) is 0 Å². The van der Waals surface area contributed by atoms with E-state index in [0.717, 1.165) is 38.5 Å². The highest BCUT2D eigenvalue weighted by atomic mass is 16.5. The second-order valence-corrected chi connectivity index (χ2v) is 5.58. The zero-order valence-electron chi connectivity index (χ0n) is 13.0. The van der Waals surface area contributed by atoms with Crippen LogP contribution >= 0.6 is 0 Å². The first-order valence-corrected chi connectivity index (χ1v) is 8.32. The minimum absolute atomic E-state index is 0.00758. The summed E-state index contributed by atoms with van der Waals surface area (Å²) in [5.41, 5.74) is 0. The van der Waals surface area contributed by atoms with E-state index in [-0.39, 0.29) is 12.1 Å². The maximum Gasteiger partial charge on any atom is 0.306 e. The molecule has 0 saturated heterocycles. The summed E-state index contributed by atoms with van der Waals surface area (Å²) in [4.78, 5) is 11.7. The van der Waals surface area contributed by atoms with Gasteiger partial charge >= 0.3 is 5.97 Å². The van der Waals surface area contributed by atoms with Gasteiger partial charge in [0.25, 0.3) is 0 Å². The summed E-state index contributed by atoms with van der Waals surface area (Å²) >= 11 is 0. The van der Waals surface area contributed by atoms with Gasteiger partial charge in [0.1, 0.15) is 6.10 Å². The van der Waals surface area contributed by atoms with Crippen LogP contribution in [0, 0.1) is 0 Å². The quantitative estimate of drug-likeness (QED) is 0.478. The van der Waals surface area contributed by atoms with Crippen molar-refractivity contribution in [3.8, 4) is 0 Å². The number of cyclic esters (lactones) is 1. The van der Waals surface area contributed by atoms with Crippen LogP contribution in [-0.4, -0.2) is 12.1 Å².